The number of hydrogen-bond acceptors (Lipinski definition) is 0. The minimum absolute atomic E-state index is 0.793. The van der Waals surface area contributed by atoms with Crippen molar-refractivity contribution in [1.82, 2.24) is 0 Å². The second-order valence-electron chi connectivity index (χ2n) is 4.15. The maximum atomic E-state index is 2.46. The van der Waals surface area contributed by atoms with E-state index in [1.54, 1.807) is 0 Å². The Bertz CT molecular complexity index is 146. The standard InChI is InChI=1S/C9H16/c1-4-9-6-5-8(9,3)7(9)2/h7H,4-6H2,1-3H3/t7-,8+,9-/m1/s1. The summed E-state index contributed by atoms with van der Waals surface area (Å²) in [6, 6.07) is 0. The van der Waals surface area contributed by atoms with Crippen LogP contribution in [0.5, 0.6) is 0 Å². The van der Waals surface area contributed by atoms with Crippen molar-refractivity contribution >= 4 is 0 Å². The molecule has 2 aliphatic rings. The summed E-state index contributed by atoms with van der Waals surface area (Å²) in [5, 5.41) is 0. The zero-order valence-corrected chi connectivity index (χ0v) is 6.70. The summed E-state index contributed by atoms with van der Waals surface area (Å²) in [5.41, 5.74) is 1.62. The Kier molecular flexibility index (Phi) is 0.774. The average molecular weight is 124 g/mol. The van der Waals surface area contributed by atoms with Crippen LogP contribution in [-0.4, -0.2) is 0 Å². The van der Waals surface area contributed by atoms with E-state index in [4.69, 9.17) is 0 Å². The summed E-state index contributed by atoms with van der Waals surface area (Å²) in [6.45, 7) is 7.24. The van der Waals surface area contributed by atoms with Gasteiger partial charge in [0, 0.05) is 0 Å². The minimum Gasteiger partial charge on any atom is -0.0648 e. The van der Waals surface area contributed by atoms with Crippen molar-refractivity contribution in [3.8, 4) is 0 Å². The molecule has 2 saturated carbocycles. The molecule has 0 aliphatic heterocycles. The predicted molar refractivity (Wildman–Crippen MR) is 39.2 cm³/mol. The Hall–Kier alpha value is 0. The van der Waals surface area contributed by atoms with Crippen molar-refractivity contribution < 1.29 is 0 Å². The van der Waals surface area contributed by atoms with E-state index in [1.165, 1.54) is 19.3 Å². The molecule has 2 fully saturated rings. The Morgan fingerprint density at radius 3 is 2.11 bits per heavy atom. The van der Waals surface area contributed by atoms with Crippen molar-refractivity contribution in [2.24, 2.45) is 16.7 Å². The average Bonchev–Trinajstić information content (AvgIpc) is 2.13. The largest absolute Gasteiger partial charge is 0.0648 e. The van der Waals surface area contributed by atoms with Crippen molar-refractivity contribution in [2.45, 2.75) is 40.0 Å². The molecule has 0 spiro atoms. The molecule has 3 atom stereocenters. The van der Waals surface area contributed by atoms with E-state index < -0.39 is 0 Å². The highest BCUT2D eigenvalue weighted by Gasteiger charge is 2.75. The molecule has 0 heterocycles. The molecule has 0 unspecified atom stereocenters. The third-order valence-electron chi connectivity index (χ3n) is 4.56. The summed E-state index contributed by atoms with van der Waals surface area (Å²) in [5.74, 6) is 1.04. The lowest BCUT2D eigenvalue weighted by atomic mass is 9.74. The monoisotopic (exact) mass is 124 g/mol. The van der Waals surface area contributed by atoms with Gasteiger partial charge in [-0.1, -0.05) is 20.8 Å². The van der Waals surface area contributed by atoms with Gasteiger partial charge in [0.15, 0.2) is 0 Å². The van der Waals surface area contributed by atoms with Crippen LogP contribution in [0.15, 0.2) is 0 Å². The molecule has 9 heavy (non-hydrogen) atoms. The van der Waals surface area contributed by atoms with Crippen LogP contribution in [0.1, 0.15) is 40.0 Å². The molecule has 2 rings (SSSR count). The van der Waals surface area contributed by atoms with Gasteiger partial charge in [0.1, 0.15) is 0 Å². The molecule has 0 N–H and O–H groups in total. The first-order chi connectivity index (χ1) is 4.17. The van der Waals surface area contributed by atoms with Crippen LogP contribution in [0.3, 0.4) is 0 Å². The van der Waals surface area contributed by atoms with E-state index in [2.05, 4.69) is 20.8 Å². The first kappa shape index (κ1) is 5.76. The van der Waals surface area contributed by atoms with Gasteiger partial charge in [-0.15, -0.1) is 0 Å². The van der Waals surface area contributed by atoms with Crippen LogP contribution in [0, 0.1) is 16.7 Å². The Labute approximate surface area is 57.6 Å². The highest BCUT2D eigenvalue weighted by Crippen LogP contribution is 2.82. The molecule has 0 aromatic carbocycles. The van der Waals surface area contributed by atoms with E-state index in [9.17, 15) is 0 Å². The maximum absolute atomic E-state index is 2.46. The molecule has 0 bridgehead atoms. The van der Waals surface area contributed by atoms with Crippen molar-refractivity contribution in [1.29, 1.82) is 0 Å². The van der Waals surface area contributed by atoms with E-state index in [0.717, 1.165) is 16.7 Å². The van der Waals surface area contributed by atoms with Crippen LogP contribution in [0.25, 0.3) is 0 Å². The normalized spacial score (nSPS) is 62.3. The van der Waals surface area contributed by atoms with Gasteiger partial charge in [0.2, 0.25) is 0 Å². The second-order valence-corrected chi connectivity index (χ2v) is 4.15. The topological polar surface area (TPSA) is 0 Å². The molecule has 0 amide bonds. The fourth-order valence-corrected chi connectivity index (χ4v) is 3.27. The minimum atomic E-state index is 0.793. The quantitative estimate of drug-likeness (QED) is 0.504. The zero-order chi connectivity index (χ0) is 6.70. The molecule has 0 heteroatoms. The molecule has 0 nitrogen and oxygen atoms in total. The summed E-state index contributed by atoms with van der Waals surface area (Å²) in [6.07, 6.45) is 4.44. The van der Waals surface area contributed by atoms with E-state index in [0.29, 0.717) is 0 Å². The second kappa shape index (κ2) is 1.21. The molecule has 0 aromatic heterocycles. The Morgan fingerprint density at radius 2 is 2.11 bits per heavy atom. The molecular formula is C9H16. The summed E-state index contributed by atoms with van der Waals surface area (Å²) in [4.78, 5) is 0. The predicted octanol–water partition coefficient (Wildman–Crippen LogP) is 2.83. The lowest BCUT2D eigenvalue weighted by molar-refractivity contribution is 0.190. The number of fused-ring (bicyclic) bond motifs is 1. The molecular weight excluding hydrogens is 108 g/mol. The highest BCUT2D eigenvalue weighted by atomic mass is 14.8. The van der Waals surface area contributed by atoms with Gasteiger partial charge >= 0.3 is 0 Å². The van der Waals surface area contributed by atoms with Gasteiger partial charge in [-0.05, 0) is 36.0 Å². The first-order valence-corrected chi connectivity index (χ1v) is 4.17. The van der Waals surface area contributed by atoms with Gasteiger partial charge < -0.3 is 0 Å². The summed E-state index contributed by atoms with van der Waals surface area (Å²) in [7, 11) is 0. The number of rotatable bonds is 1. The van der Waals surface area contributed by atoms with Crippen LogP contribution >= 0.6 is 0 Å². The Morgan fingerprint density at radius 1 is 1.44 bits per heavy atom. The van der Waals surface area contributed by atoms with Crippen LogP contribution < -0.4 is 0 Å². The van der Waals surface area contributed by atoms with Gasteiger partial charge in [0.05, 0.1) is 0 Å². The van der Waals surface area contributed by atoms with Gasteiger partial charge in [-0.25, -0.2) is 0 Å². The molecule has 52 valence electrons. The van der Waals surface area contributed by atoms with Crippen molar-refractivity contribution in [2.75, 3.05) is 0 Å². The third-order valence-corrected chi connectivity index (χ3v) is 4.56. The number of hydrogen-bond donors (Lipinski definition) is 0. The lowest BCUT2D eigenvalue weighted by Gasteiger charge is -2.31. The smallest absolute Gasteiger partial charge is 0.0212 e. The molecule has 2 aliphatic carbocycles. The fourth-order valence-electron chi connectivity index (χ4n) is 3.27. The first-order valence-electron chi connectivity index (χ1n) is 4.17. The van der Waals surface area contributed by atoms with Gasteiger partial charge in [0.25, 0.3) is 0 Å². The zero-order valence-electron chi connectivity index (χ0n) is 6.70. The molecule has 0 aromatic rings. The highest BCUT2D eigenvalue weighted by molar-refractivity contribution is 5.23. The van der Waals surface area contributed by atoms with Gasteiger partial charge in [-0.2, -0.15) is 0 Å². The third kappa shape index (κ3) is 0.342. The summed E-state index contributed by atoms with van der Waals surface area (Å²) >= 11 is 0. The van der Waals surface area contributed by atoms with E-state index in [-0.39, 0.29) is 0 Å². The Balaban J connectivity index is 2.21. The van der Waals surface area contributed by atoms with E-state index in [1.807, 2.05) is 0 Å². The lowest BCUT2D eigenvalue weighted by Crippen LogP contribution is -2.21. The van der Waals surface area contributed by atoms with Crippen LogP contribution in [0.4, 0.5) is 0 Å². The van der Waals surface area contributed by atoms with Crippen molar-refractivity contribution in [3.63, 3.8) is 0 Å². The maximum Gasteiger partial charge on any atom is -0.0212 e. The molecule has 0 radical (unpaired) electrons. The van der Waals surface area contributed by atoms with E-state index >= 15 is 0 Å². The fraction of sp³-hybridized carbons (Fsp3) is 1.00. The molecule has 0 saturated heterocycles. The van der Waals surface area contributed by atoms with Crippen LogP contribution in [0.2, 0.25) is 0 Å². The summed E-state index contributed by atoms with van der Waals surface area (Å²) < 4.78 is 0. The van der Waals surface area contributed by atoms with Crippen molar-refractivity contribution in [3.05, 3.63) is 0 Å². The van der Waals surface area contributed by atoms with Crippen LogP contribution in [-0.2, 0) is 0 Å². The van der Waals surface area contributed by atoms with Gasteiger partial charge in [-0.3, -0.25) is 0 Å². The SMILES string of the molecule is CC[C@]12CC[C@@]1(C)[C@H]2C.